The Labute approximate surface area is 160 Å². The number of carboxylic acid groups (broad SMARTS) is 1. The maximum atomic E-state index is 11.8. The van der Waals surface area contributed by atoms with Gasteiger partial charge < -0.3 is 20.2 Å². The lowest BCUT2D eigenvalue weighted by Crippen LogP contribution is -2.41. The zero-order valence-electron chi connectivity index (χ0n) is 17.2. The number of halogens is 3. The number of likely N-dealkylation sites (tertiary alicyclic amines) is 1. The first kappa shape index (κ1) is 25.5. The molecular formula is C18H34F3N3O3. The van der Waals surface area contributed by atoms with Gasteiger partial charge >= 0.3 is 18.2 Å². The van der Waals surface area contributed by atoms with Crippen molar-refractivity contribution >= 4 is 12.0 Å². The number of amides is 2. The van der Waals surface area contributed by atoms with Crippen LogP contribution in [0, 0.1) is 11.3 Å². The Morgan fingerprint density at radius 2 is 1.74 bits per heavy atom. The van der Waals surface area contributed by atoms with Crippen molar-refractivity contribution in [3.8, 4) is 0 Å². The van der Waals surface area contributed by atoms with Gasteiger partial charge in [0.2, 0.25) is 0 Å². The summed E-state index contributed by atoms with van der Waals surface area (Å²) in [7, 11) is 0. The lowest BCUT2D eigenvalue weighted by atomic mass is 9.87. The monoisotopic (exact) mass is 397 g/mol. The Bertz CT molecular complexity index is 475. The molecule has 9 heteroatoms. The second-order valence-electron chi connectivity index (χ2n) is 7.85. The first-order valence-corrected chi connectivity index (χ1v) is 9.30. The lowest BCUT2D eigenvalue weighted by Gasteiger charge is -2.36. The molecule has 1 fully saturated rings. The van der Waals surface area contributed by atoms with Crippen LogP contribution >= 0.6 is 0 Å². The summed E-state index contributed by atoms with van der Waals surface area (Å²) < 4.78 is 35.4. The largest absolute Gasteiger partial charge is 0.471 e. The zero-order chi connectivity index (χ0) is 21.4. The maximum absolute atomic E-state index is 11.8. The van der Waals surface area contributed by atoms with E-state index in [2.05, 4.69) is 46.4 Å². The number of hydrogen-bond acceptors (Lipinski definition) is 3. The Hall–Kier alpha value is -1.51. The molecule has 1 rings (SSSR count). The van der Waals surface area contributed by atoms with Gasteiger partial charge in [0.05, 0.1) is 0 Å². The average molecular weight is 397 g/mol. The van der Waals surface area contributed by atoms with Crippen LogP contribution in [0.3, 0.4) is 0 Å². The predicted octanol–water partition coefficient (Wildman–Crippen LogP) is 3.43. The van der Waals surface area contributed by atoms with Gasteiger partial charge in [0.1, 0.15) is 0 Å². The van der Waals surface area contributed by atoms with E-state index < -0.39 is 18.2 Å². The normalized spacial score (nSPS) is 18.7. The summed E-state index contributed by atoms with van der Waals surface area (Å²) in [5.74, 6) is -2.23. The van der Waals surface area contributed by atoms with Gasteiger partial charge in [-0.15, -0.1) is 0 Å². The van der Waals surface area contributed by atoms with Gasteiger partial charge in [-0.1, -0.05) is 34.6 Å². The molecule has 0 aromatic heterocycles. The van der Waals surface area contributed by atoms with Gasteiger partial charge in [-0.2, -0.15) is 13.2 Å². The molecule has 0 bridgehead atoms. The molecule has 0 spiro atoms. The molecule has 1 aliphatic rings. The van der Waals surface area contributed by atoms with Crippen LogP contribution in [0.1, 0.15) is 48.0 Å². The van der Waals surface area contributed by atoms with Gasteiger partial charge in [-0.25, -0.2) is 4.79 Å². The minimum atomic E-state index is -4.88. The lowest BCUT2D eigenvalue weighted by molar-refractivity contribution is -0.173. The molecule has 0 aromatic rings. The topological polar surface area (TPSA) is 72.9 Å². The minimum absolute atomic E-state index is 0.151. The molecule has 1 unspecified atom stereocenters. The van der Waals surface area contributed by atoms with E-state index in [0.29, 0.717) is 24.4 Å². The van der Waals surface area contributed by atoms with Crippen LogP contribution in [0.25, 0.3) is 0 Å². The van der Waals surface area contributed by atoms with Crippen molar-refractivity contribution in [2.45, 2.75) is 60.2 Å². The summed E-state index contributed by atoms with van der Waals surface area (Å²) in [5.41, 5.74) is 0.409. The van der Waals surface area contributed by atoms with Crippen molar-refractivity contribution in [2.75, 3.05) is 32.7 Å². The number of rotatable bonds is 5. The predicted molar refractivity (Wildman–Crippen MR) is 98.6 cm³/mol. The molecule has 27 heavy (non-hydrogen) atoms. The first-order valence-electron chi connectivity index (χ1n) is 9.30. The summed E-state index contributed by atoms with van der Waals surface area (Å²) in [6.45, 7) is 16.3. The third-order valence-electron chi connectivity index (χ3n) is 4.98. The van der Waals surface area contributed by atoms with Crippen molar-refractivity contribution < 1.29 is 27.9 Å². The van der Waals surface area contributed by atoms with Crippen LogP contribution in [0.5, 0.6) is 0 Å². The highest BCUT2D eigenvalue weighted by Crippen LogP contribution is 2.23. The molecule has 160 valence electrons. The molecule has 2 N–H and O–H groups in total. The molecule has 1 aliphatic heterocycles. The second kappa shape index (κ2) is 10.7. The van der Waals surface area contributed by atoms with Crippen molar-refractivity contribution in [2.24, 2.45) is 11.3 Å². The van der Waals surface area contributed by atoms with Crippen LogP contribution < -0.4 is 5.32 Å². The van der Waals surface area contributed by atoms with E-state index in [9.17, 15) is 22.8 Å². The van der Waals surface area contributed by atoms with Gasteiger partial charge in [0.15, 0.2) is 0 Å². The molecule has 0 radical (unpaired) electrons. The van der Waals surface area contributed by atoms with Gasteiger partial charge in [0, 0.05) is 25.7 Å². The Morgan fingerprint density at radius 3 is 2.04 bits per heavy atom. The van der Waals surface area contributed by atoms with E-state index in [-0.39, 0.29) is 19.0 Å². The Kier molecular flexibility index (Phi) is 10.1. The molecule has 6 nitrogen and oxygen atoms in total. The van der Waals surface area contributed by atoms with E-state index in [1.54, 1.807) is 5.32 Å². The maximum Gasteiger partial charge on any atom is 0.471 e. The quantitative estimate of drug-likeness (QED) is 0.746. The van der Waals surface area contributed by atoms with Gasteiger partial charge in [0.25, 0.3) is 0 Å². The highest BCUT2D eigenvalue weighted by Gasteiger charge is 2.39. The highest BCUT2D eigenvalue weighted by molar-refractivity contribution is 5.81. The van der Waals surface area contributed by atoms with Crippen LogP contribution in [-0.4, -0.2) is 71.8 Å². The molecular weight excluding hydrogens is 363 g/mol. The van der Waals surface area contributed by atoms with Gasteiger partial charge in [-0.3, -0.25) is 4.79 Å². The van der Waals surface area contributed by atoms with Crippen molar-refractivity contribution in [1.82, 2.24) is 15.1 Å². The van der Waals surface area contributed by atoms with Crippen LogP contribution in [0.15, 0.2) is 0 Å². The number of nitrogens with one attached hydrogen (secondary N) is 1. The van der Waals surface area contributed by atoms with Crippen LogP contribution in [0.2, 0.25) is 0 Å². The number of carbonyl (C=O) groups excluding carboxylic acids is 1. The molecule has 1 saturated heterocycles. The minimum Gasteiger partial charge on any atom is -0.465 e. The second-order valence-corrected chi connectivity index (χ2v) is 7.85. The van der Waals surface area contributed by atoms with E-state index in [1.165, 1.54) is 0 Å². The summed E-state index contributed by atoms with van der Waals surface area (Å²) in [6, 6.07) is 0.678. The van der Waals surface area contributed by atoms with E-state index in [1.807, 2.05) is 0 Å². The third-order valence-corrected chi connectivity index (χ3v) is 4.98. The standard InChI is InChI=1S/C10H23N.C8H11F3N2O3/c1-7-11(8-2)9(3)10(4,5)6;9-8(10,11)6(14)12-3-5-1-2-13(4-5)7(15)16/h9H,7-8H2,1-6H3;5H,1-4H2,(H,12,14)(H,15,16)/t;5-/m.0/s1. The summed E-state index contributed by atoms with van der Waals surface area (Å²) in [4.78, 5) is 24.6. The molecule has 2 amide bonds. The van der Waals surface area contributed by atoms with E-state index in [4.69, 9.17) is 5.11 Å². The van der Waals surface area contributed by atoms with Crippen LogP contribution in [0.4, 0.5) is 18.0 Å². The average Bonchev–Trinajstić information content (AvgIpc) is 3.01. The highest BCUT2D eigenvalue weighted by atomic mass is 19.4. The molecule has 0 aliphatic carbocycles. The molecule has 0 aromatic carbocycles. The number of nitrogens with zero attached hydrogens (tertiary/aromatic N) is 2. The first-order chi connectivity index (χ1) is 12.2. The van der Waals surface area contributed by atoms with Gasteiger partial charge in [-0.05, 0) is 37.8 Å². The summed E-state index contributed by atoms with van der Waals surface area (Å²) >= 11 is 0. The SMILES string of the molecule is CCN(CC)C(C)C(C)(C)C.O=C(O)N1CC[C@@H](CNC(=O)C(F)(F)F)C1. The number of hydrogen-bond donors (Lipinski definition) is 2. The fourth-order valence-corrected chi connectivity index (χ4v) is 2.83. The van der Waals surface area contributed by atoms with Crippen molar-refractivity contribution in [3.63, 3.8) is 0 Å². The number of carbonyl (C=O) groups is 2. The van der Waals surface area contributed by atoms with E-state index in [0.717, 1.165) is 18.0 Å². The molecule has 2 atom stereocenters. The summed E-state index contributed by atoms with van der Waals surface area (Å²) in [6.07, 6.45) is -5.51. The third kappa shape index (κ3) is 9.30. The number of alkyl halides is 3. The zero-order valence-corrected chi connectivity index (χ0v) is 17.2. The Morgan fingerprint density at radius 1 is 1.22 bits per heavy atom. The fourth-order valence-electron chi connectivity index (χ4n) is 2.83. The smallest absolute Gasteiger partial charge is 0.465 e. The summed E-state index contributed by atoms with van der Waals surface area (Å²) in [5, 5.41) is 10.3. The fraction of sp³-hybridized carbons (Fsp3) is 0.889. The molecule has 0 saturated carbocycles. The van der Waals surface area contributed by atoms with Crippen molar-refractivity contribution in [3.05, 3.63) is 0 Å². The van der Waals surface area contributed by atoms with Crippen molar-refractivity contribution in [1.29, 1.82) is 0 Å². The van der Waals surface area contributed by atoms with E-state index >= 15 is 0 Å². The van der Waals surface area contributed by atoms with Crippen LogP contribution in [-0.2, 0) is 4.79 Å². The Balaban J connectivity index is 0.000000541. The molecule has 1 heterocycles.